The summed E-state index contributed by atoms with van der Waals surface area (Å²) < 4.78 is 77.4. The lowest BCUT2D eigenvalue weighted by atomic mass is 10.1. The first-order chi connectivity index (χ1) is 15.8. The number of esters is 1. The Morgan fingerprint density at radius 3 is 1.76 bits per heavy atom. The monoisotopic (exact) mass is 465 g/mol. The number of alkyl carbamates (subject to hydrolysis) is 1. The molecule has 33 heavy (non-hydrogen) atoms. The Bertz CT molecular complexity index is 1110. The molecule has 1 amide bonds. The van der Waals surface area contributed by atoms with E-state index in [0.29, 0.717) is 11.1 Å². The molecule has 0 bridgehead atoms. The number of hydrogen-bond acceptors (Lipinski definition) is 4. The highest BCUT2D eigenvalue weighted by molar-refractivity contribution is 5.83. The van der Waals surface area contributed by atoms with Crippen LogP contribution in [0.2, 0.25) is 0 Å². The van der Waals surface area contributed by atoms with Crippen molar-refractivity contribution in [1.29, 1.82) is 0 Å². The van der Waals surface area contributed by atoms with Gasteiger partial charge in [0.25, 0.3) is 0 Å². The van der Waals surface area contributed by atoms with E-state index < -0.39 is 52.9 Å². The zero-order chi connectivity index (χ0) is 24.0. The summed E-state index contributed by atoms with van der Waals surface area (Å²) in [5, 5.41) is 2.19. The fraction of sp³-hybridized carbons (Fsp3) is 0.130. The van der Waals surface area contributed by atoms with Crippen LogP contribution in [0.4, 0.5) is 26.7 Å². The number of hydrogen-bond donors (Lipinski definition) is 1. The first-order valence-electron chi connectivity index (χ1n) is 9.52. The van der Waals surface area contributed by atoms with Crippen molar-refractivity contribution in [3.05, 3.63) is 101 Å². The van der Waals surface area contributed by atoms with E-state index in [4.69, 9.17) is 4.74 Å². The molecule has 5 nitrogen and oxygen atoms in total. The van der Waals surface area contributed by atoms with Gasteiger partial charge in [-0.25, -0.2) is 22.8 Å². The normalized spacial score (nSPS) is 11.5. The van der Waals surface area contributed by atoms with E-state index in [1.807, 2.05) is 0 Å². The maximum atomic E-state index is 13.9. The number of ether oxygens (including phenoxy) is 2. The van der Waals surface area contributed by atoms with Gasteiger partial charge in [0.2, 0.25) is 34.8 Å². The summed E-state index contributed by atoms with van der Waals surface area (Å²) >= 11 is 0. The minimum Gasteiger partial charge on any atom is -0.445 e. The number of rotatable bonds is 7. The predicted molar refractivity (Wildman–Crippen MR) is 106 cm³/mol. The SMILES string of the molecule is O=C(NC(Cc1ccccc1)C(=O)Oc1c(F)c(F)c(F)c(F)c1F)OCc1ccccc1. The van der Waals surface area contributed by atoms with Crippen LogP contribution in [0.3, 0.4) is 0 Å². The highest BCUT2D eigenvalue weighted by atomic mass is 19.2. The maximum absolute atomic E-state index is 13.9. The maximum Gasteiger partial charge on any atom is 0.408 e. The second kappa shape index (κ2) is 10.6. The van der Waals surface area contributed by atoms with Crippen LogP contribution in [0.15, 0.2) is 60.7 Å². The zero-order valence-corrected chi connectivity index (χ0v) is 16.8. The Kier molecular flexibility index (Phi) is 7.60. The molecule has 0 radical (unpaired) electrons. The molecular weight excluding hydrogens is 449 g/mol. The van der Waals surface area contributed by atoms with Gasteiger partial charge in [0, 0.05) is 6.42 Å². The van der Waals surface area contributed by atoms with Gasteiger partial charge >= 0.3 is 12.1 Å². The summed E-state index contributed by atoms with van der Waals surface area (Å²) in [6.07, 6.45) is -1.27. The van der Waals surface area contributed by atoms with Gasteiger partial charge < -0.3 is 14.8 Å². The Balaban J connectivity index is 1.79. The number of nitrogens with one attached hydrogen (secondary N) is 1. The molecule has 1 unspecified atom stereocenters. The second-order valence-corrected chi connectivity index (χ2v) is 6.77. The highest BCUT2D eigenvalue weighted by Gasteiger charge is 2.31. The molecular formula is C23H16F5NO4. The lowest BCUT2D eigenvalue weighted by Crippen LogP contribution is -2.45. The first kappa shape index (κ1) is 23.7. The van der Waals surface area contributed by atoms with Crippen molar-refractivity contribution in [2.24, 2.45) is 0 Å². The topological polar surface area (TPSA) is 64.6 Å². The third-order valence-electron chi connectivity index (χ3n) is 4.44. The van der Waals surface area contributed by atoms with E-state index in [1.165, 1.54) is 0 Å². The first-order valence-corrected chi connectivity index (χ1v) is 9.52. The second-order valence-electron chi connectivity index (χ2n) is 6.77. The summed E-state index contributed by atoms with van der Waals surface area (Å²) in [4.78, 5) is 24.8. The van der Waals surface area contributed by atoms with E-state index in [0.717, 1.165) is 0 Å². The third kappa shape index (κ3) is 5.85. The van der Waals surface area contributed by atoms with Crippen LogP contribution in [-0.2, 0) is 22.6 Å². The zero-order valence-electron chi connectivity index (χ0n) is 16.8. The van der Waals surface area contributed by atoms with Gasteiger partial charge in [-0.15, -0.1) is 0 Å². The van der Waals surface area contributed by atoms with E-state index in [9.17, 15) is 31.5 Å². The molecule has 0 aliphatic rings. The molecule has 0 aromatic heterocycles. The van der Waals surface area contributed by atoms with Crippen LogP contribution in [0.5, 0.6) is 5.75 Å². The average Bonchev–Trinajstić information content (AvgIpc) is 2.83. The molecule has 0 aliphatic carbocycles. The van der Waals surface area contributed by atoms with Crippen molar-refractivity contribution < 1.29 is 41.0 Å². The van der Waals surface area contributed by atoms with Crippen LogP contribution < -0.4 is 10.1 Å². The molecule has 10 heteroatoms. The molecule has 1 atom stereocenters. The van der Waals surface area contributed by atoms with Gasteiger partial charge in [0.1, 0.15) is 12.6 Å². The molecule has 172 valence electrons. The fourth-order valence-corrected chi connectivity index (χ4v) is 2.80. The summed E-state index contributed by atoms with van der Waals surface area (Å²) in [7, 11) is 0. The smallest absolute Gasteiger partial charge is 0.408 e. The number of carbonyl (C=O) groups excluding carboxylic acids is 2. The van der Waals surface area contributed by atoms with Gasteiger partial charge in [0.15, 0.2) is 0 Å². The van der Waals surface area contributed by atoms with Crippen molar-refractivity contribution in [2.45, 2.75) is 19.1 Å². The Hall–Kier alpha value is -3.95. The highest BCUT2D eigenvalue weighted by Crippen LogP contribution is 2.29. The molecule has 3 rings (SSSR count). The Labute approximate surface area is 184 Å². The van der Waals surface area contributed by atoms with Crippen LogP contribution >= 0.6 is 0 Å². The molecule has 0 fully saturated rings. The number of carbonyl (C=O) groups is 2. The number of amides is 1. The molecule has 0 spiro atoms. The van der Waals surface area contributed by atoms with Crippen molar-refractivity contribution in [2.75, 3.05) is 0 Å². The van der Waals surface area contributed by atoms with Gasteiger partial charge in [-0.3, -0.25) is 0 Å². The molecule has 3 aromatic rings. The fourth-order valence-electron chi connectivity index (χ4n) is 2.80. The number of halogens is 5. The van der Waals surface area contributed by atoms with E-state index in [1.54, 1.807) is 60.7 Å². The average molecular weight is 465 g/mol. The lowest BCUT2D eigenvalue weighted by molar-refractivity contribution is -0.137. The van der Waals surface area contributed by atoms with Crippen LogP contribution in [0.25, 0.3) is 0 Å². The van der Waals surface area contributed by atoms with E-state index >= 15 is 0 Å². The van der Waals surface area contributed by atoms with Crippen molar-refractivity contribution in [3.63, 3.8) is 0 Å². The van der Waals surface area contributed by atoms with Gasteiger partial charge in [0.05, 0.1) is 0 Å². The Morgan fingerprint density at radius 2 is 1.21 bits per heavy atom. The van der Waals surface area contributed by atoms with Crippen molar-refractivity contribution >= 4 is 12.1 Å². The minimum absolute atomic E-state index is 0.141. The summed E-state index contributed by atoms with van der Waals surface area (Å²) in [6, 6.07) is 15.1. The van der Waals surface area contributed by atoms with Crippen LogP contribution in [-0.4, -0.2) is 18.1 Å². The Morgan fingerprint density at radius 1 is 0.727 bits per heavy atom. The summed E-state index contributed by atoms with van der Waals surface area (Å²) in [5.74, 6) is -14.8. The van der Waals surface area contributed by atoms with Gasteiger partial charge in [-0.05, 0) is 11.1 Å². The molecule has 3 aromatic carbocycles. The molecule has 0 saturated carbocycles. The summed E-state index contributed by atoms with van der Waals surface area (Å²) in [6.45, 7) is -0.141. The minimum atomic E-state index is -2.40. The van der Waals surface area contributed by atoms with Crippen LogP contribution in [0.1, 0.15) is 11.1 Å². The van der Waals surface area contributed by atoms with Crippen molar-refractivity contribution in [1.82, 2.24) is 5.32 Å². The van der Waals surface area contributed by atoms with Gasteiger partial charge in [-0.2, -0.15) is 8.78 Å². The van der Waals surface area contributed by atoms with Gasteiger partial charge in [-0.1, -0.05) is 60.7 Å². The standard InChI is InChI=1S/C23H16F5NO4/c24-16-17(25)19(27)21(20(28)18(16)26)33-22(30)15(11-13-7-3-1-4-8-13)29-23(31)32-12-14-9-5-2-6-10-14/h1-10,15H,11-12H2,(H,29,31). The van der Waals surface area contributed by atoms with Crippen molar-refractivity contribution in [3.8, 4) is 5.75 Å². The van der Waals surface area contributed by atoms with Crippen LogP contribution in [0, 0.1) is 29.1 Å². The van der Waals surface area contributed by atoms with E-state index in [2.05, 4.69) is 10.1 Å². The van der Waals surface area contributed by atoms with E-state index in [-0.39, 0.29) is 13.0 Å². The summed E-state index contributed by atoms with van der Waals surface area (Å²) in [5.41, 5.74) is 1.16. The molecule has 0 saturated heterocycles. The molecule has 0 heterocycles. The lowest BCUT2D eigenvalue weighted by Gasteiger charge is -2.18. The number of benzene rings is 3. The largest absolute Gasteiger partial charge is 0.445 e. The molecule has 0 aliphatic heterocycles. The quantitative estimate of drug-likeness (QED) is 0.179. The molecule has 1 N–H and O–H groups in total. The predicted octanol–water partition coefficient (Wildman–Crippen LogP) is 4.83. The third-order valence-corrected chi connectivity index (χ3v) is 4.44.